The van der Waals surface area contributed by atoms with Crippen LogP contribution in [0.25, 0.3) is 0 Å². The van der Waals surface area contributed by atoms with Crippen LogP contribution in [0, 0.1) is 0 Å². The van der Waals surface area contributed by atoms with Gasteiger partial charge in [0.1, 0.15) is 0 Å². The van der Waals surface area contributed by atoms with Crippen molar-refractivity contribution in [1.29, 1.82) is 0 Å². The maximum atomic E-state index is 5.70. The van der Waals surface area contributed by atoms with Gasteiger partial charge in [-0.05, 0) is 66.1 Å². The monoisotopic (exact) mass is 270 g/mol. The Morgan fingerprint density at radius 1 is 0.947 bits per heavy atom. The van der Waals surface area contributed by atoms with Gasteiger partial charge in [-0.1, -0.05) is 12.8 Å². The second kappa shape index (κ2) is 9.73. The summed E-state index contributed by atoms with van der Waals surface area (Å²) < 4.78 is 5.70. The summed E-state index contributed by atoms with van der Waals surface area (Å²) in [5.74, 6) is 0. The van der Waals surface area contributed by atoms with Crippen molar-refractivity contribution >= 4 is 0 Å². The summed E-state index contributed by atoms with van der Waals surface area (Å²) >= 11 is 0. The van der Waals surface area contributed by atoms with Crippen molar-refractivity contribution in [1.82, 2.24) is 10.2 Å². The molecule has 0 bridgehead atoms. The Morgan fingerprint density at radius 3 is 2.32 bits per heavy atom. The van der Waals surface area contributed by atoms with Gasteiger partial charge in [-0.15, -0.1) is 0 Å². The Bertz CT molecular complexity index is 207. The van der Waals surface area contributed by atoms with E-state index in [2.05, 4.69) is 31.0 Å². The number of nitrogens with one attached hydrogen (secondary N) is 1. The average molecular weight is 270 g/mol. The predicted molar refractivity (Wildman–Crippen MR) is 82.7 cm³/mol. The number of unbranched alkanes of at least 4 members (excludes halogenated alkanes) is 3. The van der Waals surface area contributed by atoms with Crippen LogP contribution < -0.4 is 5.32 Å². The first-order valence-electron chi connectivity index (χ1n) is 8.13. The first kappa shape index (κ1) is 16.9. The standard InChI is InChI=1S/C16H34N2O/c1-16(2,3)17-10-6-4-5-9-14-19-15-13-18-11-7-8-12-18/h17H,4-15H2,1-3H3. The van der Waals surface area contributed by atoms with E-state index >= 15 is 0 Å². The largest absolute Gasteiger partial charge is 0.380 e. The number of likely N-dealkylation sites (tertiary alicyclic amines) is 1. The molecule has 0 aromatic heterocycles. The van der Waals surface area contributed by atoms with Crippen molar-refractivity contribution in [3.8, 4) is 0 Å². The minimum atomic E-state index is 0.263. The van der Waals surface area contributed by atoms with Crippen molar-refractivity contribution in [2.24, 2.45) is 0 Å². The normalized spacial score (nSPS) is 17.2. The molecule has 114 valence electrons. The Hall–Kier alpha value is -0.120. The first-order valence-corrected chi connectivity index (χ1v) is 8.13. The van der Waals surface area contributed by atoms with Crippen LogP contribution in [0.3, 0.4) is 0 Å². The van der Waals surface area contributed by atoms with Gasteiger partial charge >= 0.3 is 0 Å². The fourth-order valence-corrected chi connectivity index (χ4v) is 2.45. The van der Waals surface area contributed by atoms with Crippen molar-refractivity contribution in [2.45, 2.75) is 64.8 Å². The molecule has 0 spiro atoms. The van der Waals surface area contributed by atoms with Crippen LogP contribution in [0.5, 0.6) is 0 Å². The van der Waals surface area contributed by atoms with Crippen LogP contribution >= 0.6 is 0 Å². The fourth-order valence-electron chi connectivity index (χ4n) is 2.45. The summed E-state index contributed by atoms with van der Waals surface area (Å²) in [5, 5.41) is 3.53. The average Bonchev–Trinajstić information content (AvgIpc) is 2.83. The van der Waals surface area contributed by atoms with E-state index < -0.39 is 0 Å². The fraction of sp³-hybridized carbons (Fsp3) is 1.00. The molecule has 0 aromatic rings. The van der Waals surface area contributed by atoms with Gasteiger partial charge < -0.3 is 15.0 Å². The summed E-state index contributed by atoms with van der Waals surface area (Å²) in [5.41, 5.74) is 0.263. The van der Waals surface area contributed by atoms with Gasteiger partial charge in [0.05, 0.1) is 6.61 Å². The molecule has 19 heavy (non-hydrogen) atoms. The summed E-state index contributed by atoms with van der Waals surface area (Å²) in [6.45, 7) is 13.4. The first-order chi connectivity index (χ1) is 9.08. The van der Waals surface area contributed by atoms with Gasteiger partial charge in [0, 0.05) is 18.7 Å². The zero-order valence-electron chi connectivity index (χ0n) is 13.3. The van der Waals surface area contributed by atoms with E-state index in [0.717, 1.165) is 26.3 Å². The highest BCUT2D eigenvalue weighted by Gasteiger charge is 2.10. The third kappa shape index (κ3) is 10.3. The van der Waals surface area contributed by atoms with Gasteiger partial charge in [0.25, 0.3) is 0 Å². The SMILES string of the molecule is CC(C)(C)NCCCCCCOCCN1CCCC1. The lowest BCUT2D eigenvalue weighted by Crippen LogP contribution is -2.36. The lowest BCUT2D eigenvalue weighted by atomic mass is 10.1. The predicted octanol–water partition coefficient (Wildman–Crippen LogP) is 3.05. The highest BCUT2D eigenvalue weighted by molar-refractivity contribution is 4.69. The third-order valence-corrected chi connectivity index (χ3v) is 3.62. The quantitative estimate of drug-likeness (QED) is 0.618. The minimum absolute atomic E-state index is 0.263. The third-order valence-electron chi connectivity index (χ3n) is 3.62. The Balaban J connectivity index is 1.74. The van der Waals surface area contributed by atoms with Gasteiger partial charge in [-0.3, -0.25) is 0 Å². The highest BCUT2D eigenvalue weighted by atomic mass is 16.5. The molecule has 1 aliphatic heterocycles. The van der Waals surface area contributed by atoms with Crippen molar-refractivity contribution in [2.75, 3.05) is 39.4 Å². The maximum Gasteiger partial charge on any atom is 0.0593 e. The molecule has 1 N–H and O–H groups in total. The molecule has 1 aliphatic rings. The summed E-state index contributed by atoms with van der Waals surface area (Å²) in [4.78, 5) is 2.51. The summed E-state index contributed by atoms with van der Waals surface area (Å²) in [6, 6.07) is 0. The Labute approximate surface area is 120 Å². The van der Waals surface area contributed by atoms with E-state index in [1.807, 2.05) is 0 Å². The molecule has 3 heteroatoms. The summed E-state index contributed by atoms with van der Waals surface area (Å²) in [6.07, 6.45) is 7.87. The topological polar surface area (TPSA) is 24.5 Å². The van der Waals surface area contributed by atoms with Crippen LogP contribution in [0.2, 0.25) is 0 Å². The second-order valence-corrected chi connectivity index (χ2v) is 6.75. The maximum absolute atomic E-state index is 5.70. The Kier molecular flexibility index (Phi) is 8.67. The molecular weight excluding hydrogens is 236 g/mol. The zero-order chi connectivity index (χ0) is 14.0. The molecule has 1 heterocycles. The summed E-state index contributed by atoms with van der Waals surface area (Å²) in [7, 11) is 0. The van der Waals surface area contributed by atoms with Gasteiger partial charge in [-0.2, -0.15) is 0 Å². The molecule has 0 amide bonds. The van der Waals surface area contributed by atoms with E-state index in [1.165, 1.54) is 51.6 Å². The van der Waals surface area contributed by atoms with E-state index in [-0.39, 0.29) is 5.54 Å². The van der Waals surface area contributed by atoms with Crippen molar-refractivity contribution in [3.63, 3.8) is 0 Å². The zero-order valence-corrected chi connectivity index (χ0v) is 13.3. The molecule has 1 rings (SSSR count). The van der Waals surface area contributed by atoms with Gasteiger partial charge in [0.2, 0.25) is 0 Å². The molecule has 1 fully saturated rings. The highest BCUT2D eigenvalue weighted by Crippen LogP contribution is 2.06. The van der Waals surface area contributed by atoms with E-state index in [0.29, 0.717) is 0 Å². The van der Waals surface area contributed by atoms with Gasteiger partial charge in [-0.25, -0.2) is 0 Å². The number of hydrogen-bond acceptors (Lipinski definition) is 3. The lowest BCUT2D eigenvalue weighted by molar-refractivity contribution is 0.108. The second-order valence-electron chi connectivity index (χ2n) is 6.75. The van der Waals surface area contributed by atoms with Crippen LogP contribution in [-0.4, -0.2) is 49.8 Å². The lowest BCUT2D eigenvalue weighted by Gasteiger charge is -2.20. The molecule has 0 aromatic carbocycles. The molecule has 0 aliphatic carbocycles. The molecule has 0 atom stereocenters. The van der Waals surface area contributed by atoms with Crippen LogP contribution in [0.4, 0.5) is 0 Å². The number of hydrogen-bond donors (Lipinski definition) is 1. The number of ether oxygens (including phenoxy) is 1. The van der Waals surface area contributed by atoms with E-state index in [9.17, 15) is 0 Å². The number of rotatable bonds is 10. The van der Waals surface area contributed by atoms with E-state index in [4.69, 9.17) is 4.74 Å². The smallest absolute Gasteiger partial charge is 0.0593 e. The number of nitrogens with zero attached hydrogens (tertiary/aromatic N) is 1. The molecule has 0 saturated carbocycles. The minimum Gasteiger partial charge on any atom is -0.380 e. The van der Waals surface area contributed by atoms with Crippen LogP contribution in [0.1, 0.15) is 59.3 Å². The molecular formula is C16H34N2O. The van der Waals surface area contributed by atoms with Crippen molar-refractivity contribution in [3.05, 3.63) is 0 Å². The molecule has 1 saturated heterocycles. The molecule has 3 nitrogen and oxygen atoms in total. The van der Waals surface area contributed by atoms with Crippen LogP contribution in [0.15, 0.2) is 0 Å². The van der Waals surface area contributed by atoms with Crippen LogP contribution in [-0.2, 0) is 4.74 Å². The Morgan fingerprint density at radius 2 is 1.63 bits per heavy atom. The van der Waals surface area contributed by atoms with Crippen molar-refractivity contribution < 1.29 is 4.74 Å². The van der Waals surface area contributed by atoms with Gasteiger partial charge in [0.15, 0.2) is 0 Å². The molecule has 0 unspecified atom stereocenters. The molecule has 0 radical (unpaired) electrons. The van der Waals surface area contributed by atoms with E-state index in [1.54, 1.807) is 0 Å².